The molecule has 0 aliphatic rings. The maximum atomic E-state index is 14.3. The Morgan fingerprint density at radius 3 is 2.19 bits per heavy atom. The minimum absolute atomic E-state index is 0.237. The number of aromatic nitrogens is 2. The van der Waals surface area contributed by atoms with E-state index in [0.29, 0.717) is 12.1 Å². The van der Waals surface area contributed by atoms with Gasteiger partial charge in [0.1, 0.15) is 34.4 Å². The molecule has 0 spiro atoms. The molecule has 0 radical (unpaired) electrons. The summed E-state index contributed by atoms with van der Waals surface area (Å²) in [6, 6.07) is 2.59. The number of carbonyl (C=O) groups excluding carboxylic acids is 1. The molecule has 0 bridgehead atoms. The van der Waals surface area contributed by atoms with Crippen LogP contribution in [0.3, 0.4) is 0 Å². The summed E-state index contributed by atoms with van der Waals surface area (Å²) in [5.74, 6) is -4.32. The Balaban J connectivity index is 2.25. The molecule has 0 aliphatic carbocycles. The Labute approximate surface area is 174 Å². The molecule has 3 rings (SSSR count). The molecule has 2 aromatic carbocycles. The summed E-state index contributed by atoms with van der Waals surface area (Å²) >= 11 is 0. The number of alkyl carbamates (subject to hydrolysis) is 1. The molecule has 0 saturated carbocycles. The molecule has 31 heavy (non-hydrogen) atoms. The molecular formula is C21H19F4N3O3. The Morgan fingerprint density at radius 2 is 1.61 bits per heavy atom. The fourth-order valence-electron chi connectivity index (χ4n) is 2.99. The van der Waals surface area contributed by atoms with Crippen LogP contribution in [0, 0.1) is 23.3 Å². The standard InChI is InChI=1S/C21H19F4N3O3/c1-10(26-20(30)31-21(2,3)4)18-27-17-15(8-13(24)9-16(17)25)19(29)28(18)14-6-11(22)5-12(23)7-14/h5-10H,1-4H3,(H,26,30). The lowest BCUT2D eigenvalue weighted by atomic mass is 10.2. The fraction of sp³-hybridized carbons (Fsp3) is 0.286. The molecule has 1 aromatic heterocycles. The van der Waals surface area contributed by atoms with Crippen LogP contribution in [0.5, 0.6) is 0 Å². The number of rotatable bonds is 3. The molecule has 1 heterocycles. The number of carbonyl (C=O) groups is 1. The maximum absolute atomic E-state index is 14.3. The van der Waals surface area contributed by atoms with Crippen LogP contribution in [0.25, 0.3) is 16.6 Å². The minimum atomic E-state index is -1.10. The lowest BCUT2D eigenvalue weighted by molar-refractivity contribution is 0.0505. The van der Waals surface area contributed by atoms with Crippen molar-refractivity contribution in [3.05, 3.63) is 69.8 Å². The van der Waals surface area contributed by atoms with E-state index >= 15 is 0 Å². The number of ether oxygens (including phenoxy) is 1. The molecule has 1 unspecified atom stereocenters. The van der Waals surface area contributed by atoms with Crippen molar-refractivity contribution < 1.29 is 27.1 Å². The van der Waals surface area contributed by atoms with Crippen molar-refractivity contribution in [3.63, 3.8) is 0 Å². The average molecular weight is 437 g/mol. The van der Waals surface area contributed by atoms with Crippen molar-refractivity contribution in [2.24, 2.45) is 0 Å². The van der Waals surface area contributed by atoms with Gasteiger partial charge < -0.3 is 10.1 Å². The smallest absolute Gasteiger partial charge is 0.408 e. The van der Waals surface area contributed by atoms with Crippen LogP contribution in [0.15, 0.2) is 35.1 Å². The third-order valence-corrected chi connectivity index (χ3v) is 4.14. The molecule has 0 aliphatic heterocycles. The van der Waals surface area contributed by atoms with Gasteiger partial charge >= 0.3 is 6.09 Å². The van der Waals surface area contributed by atoms with E-state index in [9.17, 15) is 27.2 Å². The van der Waals surface area contributed by atoms with Crippen molar-refractivity contribution >= 4 is 17.0 Å². The van der Waals surface area contributed by atoms with E-state index < -0.39 is 57.5 Å². The van der Waals surface area contributed by atoms with Gasteiger partial charge in [0.15, 0.2) is 5.82 Å². The molecule has 1 amide bonds. The van der Waals surface area contributed by atoms with E-state index in [2.05, 4.69) is 10.3 Å². The lowest BCUT2D eigenvalue weighted by Crippen LogP contribution is -2.37. The van der Waals surface area contributed by atoms with Crippen LogP contribution in [-0.2, 0) is 4.74 Å². The van der Waals surface area contributed by atoms with Gasteiger partial charge in [0, 0.05) is 12.1 Å². The number of amides is 1. The first-order valence-corrected chi connectivity index (χ1v) is 9.23. The summed E-state index contributed by atoms with van der Waals surface area (Å²) in [4.78, 5) is 29.3. The van der Waals surface area contributed by atoms with E-state index in [0.717, 1.165) is 22.8 Å². The highest BCUT2D eigenvalue weighted by atomic mass is 19.1. The number of hydrogen-bond acceptors (Lipinski definition) is 4. The molecule has 1 N–H and O–H groups in total. The van der Waals surface area contributed by atoms with Crippen molar-refractivity contribution in [1.29, 1.82) is 0 Å². The number of benzene rings is 2. The normalized spacial score (nSPS) is 12.6. The monoisotopic (exact) mass is 437 g/mol. The number of hydrogen-bond donors (Lipinski definition) is 1. The van der Waals surface area contributed by atoms with Gasteiger partial charge in [0.05, 0.1) is 17.1 Å². The summed E-state index contributed by atoms with van der Waals surface area (Å²) < 4.78 is 61.7. The second-order valence-electron chi connectivity index (χ2n) is 7.89. The Kier molecular flexibility index (Phi) is 5.75. The predicted molar refractivity (Wildman–Crippen MR) is 105 cm³/mol. The van der Waals surface area contributed by atoms with E-state index in [4.69, 9.17) is 4.74 Å². The Bertz CT molecular complexity index is 1210. The van der Waals surface area contributed by atoms with Gasteiger partial charge in [-0.25, -0.2) is 27.3 Å². The fourth-order valence-corrected chi connectivity index (χ4v) is 2.99. The summed E-state index contributed by atoms with van der Waals surface area (Å²) in [6.45, 7) is 6.34. The molecule has 164 valence electrons. The summed E-state index contributed by atoms with van der Waals surface area (Å²) in [5, 5.41) is 2.01. The largest absolute Gasteiger partial charge is 0.444 e. The zero-order valence-electron chi connectivity index (χ0n) is 17.1. The zero-order chi connectivity index (χ0) is 23.1. The van der Waals surface area contributed by atoms with Crippen LogP contribution in [0.1, 0.15) is 39.6 Å². The first-order valence-electron chi connectivity index (χ1n) is 9.23. The zero-order valence-corrected chi connectivity index (χ0v) is 17.1. The first kappa shape index (κ1) is 22.3. The molecular weight excluding hydrogens is 418 g/mol. The van der Waals surface area contributed by atoms with Crippen LogP contribution in [0.2, 0.25) is 0 Å². The molecule has 0 saturated heterocycles. The van der Waals surface area contributed by atoms with Crippen LogP contribution in [0.4, 0.5) is 22.4 Å². The SMILES string of the molecule is CC(NC(=O)OC(C)(C)C)c1nc2c(F)cc(F)cc2c(=O)n1-c1cc(F)cc(F)c1. The third kappa shape index (κ3) is 4.84. The highest BCUT2D eigenvalue weighted by Gasteiger charge is 2.24. The minimum Gasteiger partial charge on any atom is -0.444 e. The van der Waals surface area contributed by atoms with Crippen LogP contribution in [-0.4, -0.2) is 21.2 Å². The van der Waals surface area contributed by atoms with Gasteiger partial charge in [-0.05, 0) is 45.9 Å². The van der Waals surface area contributed by atoms with E-state index in [1.807, 2.05) is 0 Å². The lowest BCUT2D eigenvalue weighted by Gasteiger charge is -2.23. The summed E-state index contributed by atoms with van der Waals surface area (Å²) in [5.41, 5.74) is -2.52. The van der Waals surface area contributed by atoms with Crippen molar-refractivity contribution in [1.82, 2.24) is 14.9 Å². The van der Waals surface area contributed by atoms with Crippen molar-refractivity contribution in [2.75, 3.05) is 0 Å². The molecule has 0 fully saturated rings. The van der Waals surface area contributed by atoms with Crippen LogP contribution < -0.4 is 10.9 Å². The molecule has 1 atom stereocenters. The second kappa shape index (κ2) is 8.01. The molecule has 6 nitrogen and oxygen atoms in total. The van der Waals surface area contributed by atoms with Gasteiger partial charge in [0.2, 0.25) is 0 Å². The quantitative estimate of drug-likeness (QED) is 0.612. The first-order chi connectivity index (χ1) is 14.4. The van der Waals surface area contributed by atoms with Gasteiger partial charge in [-0.3, -0.25) is 9.36 Å². The Morgan fingerprint density at radius 1 is 1.03 bits per heavy atom. The van der Waals surface area contributed by atoms with E-state index in [-0.39, 0.29) is 11.5 Å². The van der Waals surface area contributed by atoms with E-state index in [1.165, 1.54) is 6.92 Å². The summed E-state index contributed by atoms with van der Waals surface area (Å²) in [7, 11) is 0. The average Bonchev–Trinajstić information content (AvgIpc) is 2.59. The molecule has 10 heteroatoms. The maximum Gasteiger partial charge on any atom is 0.408 e. The highest BCUT2D eigenvalue weighted by Crippen LogP contribution is 2.22. The number of fused-ring (bicyclic) bond motifs is 1. The highest BCUT2D eigenvalue weighted by molar-refractivity contribution is 5.79. The number of halogens is 4. The Hall–Kier alpha value is -3.43. The topological polar surface area (TPSA) is 73.2 Å². The van der Waals surface area contributed by atoms with Gasteiger partial charge in [-0.2, -0.15) is 0 Å². The van der Waals surface area contributed by atoms with Crippen LogP contribution >= 0.6 is 0 Å². The van der Waals surface area contributed by atoms with Gasteiger partial charge in [-0.15, -0.1) is 0 Å². The number of nitrogens with zero attached hydrogens (tertiary/aromatic N) is 2. The van der Waals surface area contributed by atoms with E-state index in [1.54, 1.807) is 20.8 Å². The predicted octanol–water partition coefficient (Wildman–Crippen LogP) is 4.53. The van der Waals surface area contributed by atoms with Crippen molar-refractivity contribution in [3.8, 4) is 5.69 Å². The third-order valence-electron chi connectivity index (χ3n) is 4.14. The molecule has 3 aromatic rings. The van der Waals surface area contributed by atoms with Crippen molar-refractivity contribution in [2.45, 2.75) is 39.3 Å². The summed E-state index contributed by atoms with van der Waals surface area (Å²) in [6.07, 6.45) is -0.856. The van der Waals surface area contributed by atoms with Gasteiger partial charge in [0.25, 0.3) is 5.56 Å². The second-order valence-corrected chi connectivity index (χ2v) is 7.89. The van der Waals surface area contributed by atoms with Gasteiger partial charge in [-0.1, -0.05) is 0 Å². The number of nitrogens with one attached hydrogen (secondary N) is 1.